The van der Waals surface area contributed by atoms with Gasteiger partial charge >= 0.3 is 5.97 Å². The van der Waals surface area contributed by atoms with E-state index in [0.29, 0.717) is 11.5 Å². The molecule has 0 fully saturated rings. The van der Waals surface area contributed by atoms with E-state index >= 15 is 0 Å². The highest BCUT2D eigenvalue weighted by molar-refractivity contribution is 5.91. The van der Waals surface area contributed by atoms with Crippen LogP contribution in [0.25, 0.3) is 11.1 Å². The molecule has 0 radical (unpaired) electrons. The summed E-state index contributed by atoms with van der Waals surface area (Å²) in [5, 5.41) is 8.79. The van der Waals surface area contributed by atoms with Gasteiger partial charge < -0.3 is 4.74 Å². The third-order valence-corrected chi connectivity index (χ3v) is 5.59. The van der Waals surface area contributed by atoms with Crippen LogP contribution >= 0.6 is 0 Å². The SMILES string of the molecule is C[C@@H](Cc1ccc(-c2ccc(C(=O)Oc3ccc(C#N)c(F)c3)cc2)cc1)c1ccccc1. The monoisotopic (exact) mass is 435 g/mol. The van der Waals surface area contributed by atoms with E-state index in [0.717, 1.165) is 23.6 Å². The number of carbonyl (C=O) groups excluding carboxylic acids is 1. The van der Waals surface area contributed by atoms with Crippen molar-refractivity contribution < 1.29 is 13.9 Å². The van der Waals surface area contributed by atoms with E-state index in [4.69, 9.17) is 10.00 Å². The summed E-state index contributed by atoms with van der Waals surface area (Å²) in [4.78, 5) is 12.4. The summed E-state index contributed by atoms with van der Waals surface area (Å²) in [6.45, 7) is 2.23. The van der Waals surface area contributed by atoms with Crippen LogP contribution in [0.4, 0.5) is 4.39 Å². The van der Waals surface area contributed by atoms with Crippen molar-refractivity contribution in [1.82, 2.24) is 0 Å². The number of hydrogen-bond donors (Lipinski definition) is 0. The second-order valence-electron chi connectivity index (χ2n) is 7.93. The van der Waals surface area contributed by atoms with Gasteiger partial charge in [-0.25, -0.2) is 9.18 Å². The van der Waals surface area contributed by atoms with Crippen LogP contribution in [0.5, 0.6) is 5.75 Å². The molecular weight excluding hydrogens is 413 g/mol. The third kappa shape index (κ3) is 5.34. The zero-order chi connectivity index (χ0) is 23.2. The van der Waals surface area contributed by atoms with Gasteiger partial charge in [0.1, 0.15) is 17.6 Å². The molecule has 0 saturated heterocycles. The summed E-state index contributed by atoms with van der Waals surface area (Å²) in [5.41, 5.74) is 4.90. The molecule has 33 heavy (non-hydrogen) atoms. The molecule has 1 atom stereocenters. The second kappa shape index (κ2) is 9.93. The fourth-order valence-corrected chi connectivity index (χ4v) is 3.70. The summed E-state index contributed by atoms with van der Waals surface area (Å²) in [7, 11) is 0. The Kier molecular flexibility index (Phi) is 6.61. The van der Waals surface area contributed by atoms with E-state index in [9.17, 15) is 9.18 Å². The summed E-state index contributed by atoms with van der Waals surface area (Å²) in [6.07, 6.45) is 0.963. The average molecular weight is 435 g/mol. The second-order valence-corrected chi connectivity index (χ2v) is 7.93. The zero-order valence-electron chi connectivity index (χ0n) is 18.2. The first kappa shape index (κ1) is 22.0. The Morgan fingerprint density at radius 1 is 0.909 bits per heavy atom. The molecule has 4 aromatic rings. The third-order valence-electron chi connectivity index (χ3n) is 5.59. The minimum atomic E-state index is -0.722. The molecule has 0 aromatic heterocycles. The Balaban J connectivity index is 1.41. The minimum Gasteiger partial charge on any atom is -0.423 e. The number of rotatable bonds is 6. The number of nitriles is 1. The number of esters is 1. The van der Waals surface area contributed by atoms with Crippen molar-refractivity contribution in [2.75, 3.05) is 0 Å². The molecule has 162 valence electrons. The highest BCUT2D eigenvalue weighted by Gasteiger charge is 2.12. The standard InChI is InChI=1S/C29H22FNO2/c1-20(22-5-3-2-4-6-22)17-21-7-9-23(10-8-21)24-11-13-25(14-12-24)29(32)33-27-16-15-26(19-31)28(30)18-27/h2-16,18,20H,17H2,1H3/t20-/m0/s1. The van der Waals surface area contributed by atoms with Gasteiger partial charge in [-0.1, -0.05) is 73.7 Å². The van der Waals surface area contributed by atoms with Gasteiger partial charge in [0.05, 0.1) is 11.1 Å². The summed E-state index contributed by atoms with van der Waals surface area (Å²) < 4.78 is 18.9. The summed E-state index contributed by atoms with van der Waals surface area (Å²) in [6, 6.07) is 31.4. The predicted molar refractivity (Wildman–Crippen MR) is 127 cm³/mol. The van der Waals surface area contributed by atoms with Gasteiger partial charge in [0.2, 0.25) is 0 Å². The molecule has 3 nitrogen and oxygen atoms in total. The number of halogens is 1. The Morgan fingerprint density at radius 2 is 1.55 bits per heavy atom. The maximum Gasteiger partial charge on any atom is 0.343 e. The van der Waals surface area contributed by atoms with Crippen molar-refractivity contribution in [1.29, 1.82) is 5.26 Å². The van der Waals surface area contributed by atoms with Crippen LogP contribution < -0.4 is 4.74 Å². The predicted octanol–water partition coefficient (Wildman–Crippen LogP) is 6.93. The number of hydrogen-bond acceptors (Lipinski definition) is 3. The molecule has 4 heteroatoms. The van der Waals surface area contributed by atoms with E-state index in [1.807, 2.05) is 18.2 Å². The lowest BCUT2D eigenvalue weighted by Crippen LogP contribution is -2.08. The topological polar surface area (TPSA) is 50.1 Å². The number of carbonyl (C=O) groups is 1. The number of nitrogens with zero attached hydrogens (tertiary/aromatic N) is 1. The lowest BCUT2D eigenvalue weighted by atomic mass is 9.93. The fraction of sp³-hybridized carbons (Fsp3) is 0.103. The molecule has 0 aliphatic heterocycles. The Labute approximate surface area is 192 Å². The summed E-state index contributed by atoms with van der Waals surface area (Å²) >= 11 is 0. The van der Waals surface area contributed by atoms with Crippen LogP contribution in [0.1, 0.15) is 39.9 Å². The van der Waals surface area contributed by atoms with E-state index < -0.39 is 11.8 Å². The van der Waals surface area contributed by atoms with E-state index in [1.54, 1.807) is 18.2 Å². The van der Waals surface area contributed by atoms with Crippen LogP contribution in [-0.4, -0.2) is 5.97 Å². The van der Waals surface area contributed by atoms with Crippen molar-refractivity contribution >= 4 is 5.97 Å². The van der Waals surface area contributed by atoms with Gasteiger partial charge in [0.25, 0.3) is 0 Å². The van der Waals surface area contributed by atoms with Gasteiger partial charge in [0.15, 0.2) is 0 Å². The van der Waals surface area contributed by atoms with Gasteiger partial charge in [-0.05, 0) is 58.9 Å². The van der Waals surface area contributed by atoms with Gasteiger partial charge in [-0.3, -0.25) is 0 Å². The largest absolute Gasteiger partial charge is 0.423 e. The Hall–Kier alpha value is -4.23. The van der Waals surface area contributed by atoms with Crippen molar-refractivity contribution in [2.24, 2.45) is 0 Å². The van der Waals surface area contributed by atoms with Gasteiger partial charge in [0, 0.05) is 6.07 Å². The van der Waals surface area contributed by atoms with Crippen LogP contribution in [-0.2, 0) is 6.42 Å². The van der Waals surface area contributed by atoms with Crippen LogP contribution in [0, 0.1) is 17.1 Å². The maximum atomic E-state index is 13.7. The molecular formula is C29H22FNO2. The van der Waals surface area contributed by atoms with Crippen molar-refractivity contribution in [3.05, 3.63) is 125 Å². The maximum absolute atomic E-state index is 13.7. The molecule has 0 spiro atoms. The lowest BCUT2D eigenvalue weighted by molar-refractivity contribution is 0.0734. The molecule has 0 aliphatic carbocycles. The molecule has 4 aromatic carbocycles. The highest BCUT2D eigenvalue weighted by atomic mass is 19.1. The van der Waals surface area contributed by atoms with Crippen molar-refractivity contribution in [3.63, 3.8) is 0 Å². The van der Waals surface area contributed by atoms with E-state index in [2.05, 4.69) is 55.5 Å². The highest BCUT2D eigenvalue weighted by Crippen LogP contribution is 2.25. The van der Waals surface area contributed by atoms with Crippen LogP contribution in [0.2, 0.25) is 0 Å². The van der Waals surface area contributed by atoms with Gasteiger partial charge in [-0.2, -0.15) is 5.26 Å². The lowest BCUT2D eigenvalue weighted by Gasteiger charge is -2.12. The zero-order valence-corrected chi connectivity index (χ0v) is 18.2. The Morgan fingerprint density at radius 3 is 2.15 bits per heavy atom. The van der Waals surface area contributed by atoms with E-state index in [1.165, 1.54) is 23.3 Å². The number of benzene rings is 4. The first-order chi connectivity index (χ1) is 16.0. The molecule has 0 saturated carbocycles. The summed E-state index contributed by atoms with van der Waals surface area (Å²) in [5.74, 6) is -0.816. The first-order valence-corrected chi connectivity index (χ1v) is 10.7. The molecule has 0 N–H and O–H groups in total. The van der Waals surface area contributed by atoms with Gasteiger partial charge in [-0.15, -0.1) is 0 Å². The van der Waals surface area contributed by atoms with Crippen molar-refractivity contribution in [3.8, 4) is 22.9 Å². The molecule has 0 heterocycles. The normalized spacial score (nSPS) is 11.4. The number of ether oxygens (including phenoxy) is 1. The van der Waals surface area contributed by atoms with Crippen molar-refractivity contribution in [2.45, 2.75) is 19.3 Å². The molecule has 0 bridgehead atoms. The molecule has 0 unspecified atom stereocenters. The molecule has 4 rings (SSSR count). The first-order valence-electron chi connectivity index (χ1n) is 10.7. The fourth-order valence-electron chi connectivity index (χ4n) is 3.70. The smallest absolute Gasteiger partial charge is 0.343 e. The average Bonchev–Trinajstić information content (AvgIpc) is 2.85. The van der Waals surface area contributed by atoms with E-state index in [-0.39, 0.29) is 11.3 Å². The van der Waals surface area contributed by atoms with Crippen LogP contribution in [0.15, 0.2) is 97.1 Å². The molecule has 0 aliphatic rings. The quantitative estimate of drug-likeness (QED) is 0.244. The van der Waals surface area contributed by atoms with Crippen LogP contribution in [0.3, 0.4) is 0 Å². The Bertz CT molecular complexity index is 1290. The molecule has 0 amide bonds. The minimum absolute atomic E-state index is 0.0564.